The quantitative estimate of drug-likeness (QED) is 0.369. The van der Waals surface area contributed by atoms with Gasteiger partial charge in [0.05, 0.1) is 12.5 Å². The van der Waals surface area contributed by atoms with Crippen molar-refractivity contribution in [2.45, 2.75) is 132 Å². The summed E-state index contributed by atoms with van der Waals surface area (Å²) < 4.78 is 0. The highest BCUT2D eigenvalue weighted by Gasteiger charge is 2.65. The first-order chi connectivity index (χ1) is 15.8. The first-order valence-electron chi connectivity index (χ1n) is 14.4. The van der Waals surface area contributed by atoms with Crippen LogP contribution in [0.25, 0.3) is 0 Å². The molecule has 0 aromatic rings. The molecule has 0 amide bonds. The van der Waals surface area contributed by atoms with Crippen molar-refractivity contribution in [1.29, 1.82) is 0 Å². The molecule has 2 fully saturated rings. The van der Waals surface area contributed by atoms with Crippen LogP contribution in [0.2, 0.25) is 0 Å². The number of hydrogen-bond acceptors (Lipinski definition) is 2. The normalized spacial score (nSPS) is 42.2. The van der Waals surface area contributed by atoms with Gasteiger partial charge in [-0.2, -0.15) is 0 Å². The molecule has 0 aromatic carbocycles. The van der Waals surface area contributed by atoms with Crippen LogP contribution in [-0.4, -0.2) is 22.3 Å². The third kappa shape index (κ3) is 3.82. The van der Waals surface area contributed by atoms with Gasteiger partial charge in [-0.1, -0.05) is 78.9 Å². The maximum atomic E-state index is 12.4. The van der Waals surface area contributed by atoms with Gasteiger partial charge in [0.1, 0.15) is 0 Å². The molecular formula is C31H52O3. The second kappa shape index (κ2) is 8.93. The van der Waals surface area contributed by atoms with Crippen molar-refractivity contribution in [2.24, 2.45) is 45.3 Å². The van der Waals surface area contributed by atoms with E-state index < -0.39 is 5.97 Å². The average molecular weight is 473 g/mol. The number of rotatable bonds is 7. The van der Waals surface area contributed by atoms with E-state index in [-0.39, 0.29) is 27.8 Å². The smallest absolute Gasteiger partial charge is 0.304 e. The van der Waals surface area contributed by atoms with Crippen LogP contribution in [0.15, 0.2) is 11.1 Å². The summed E-state index contributed by atoms with van der Waals surface area (Å²) in [5.41, 5.74) is 3.15. The van der Waals surface area contributed by atoms with Crippen molar-refractivity contribution in [1.82, 2.24) is 0 Å². The van der Waals surface area contributed by atoms with Gasteiger partial charge >= 0.3 is 5.97 Å². The van der Waals surface area contributed by atoms with Crippen molar-refractivity contribution < 1.29 is 15.0 Å². The molecule has 4 aliphatic rings. The Morgan fingerprint density at radius 3 is 2.29 bits per heavy atom. The first-order valence-corrected chi connectivity index (χ1v) is 14.4. The Balaban J connectivity index is 1.72. The monoisotopic (exact) mass is 472 g/mol. The van der Waals surface area contributed by atoms with E-state index in [0.29, 0.717) is 24.2 Å². The Labute approximate surface area is 209 Å². The molecule has 0 aromatic heterocycles. The predicted molar refractivity (Wildman–Crippen MR) is 139 cm³/mol. The van der Waals surface area contributed by atoms with Gasteiger partial charge in [-0.15, -0.1) is 0 Å². The van der Waals surface area contributed by atoms with Crippen molar-refractivity contribution in [3.8, 4) is 0 Å². The molecule has 2 saturated carbocycles. The van der Waals surface area contributed by atoms with Gasteiger partial charge in [0.15, 0.2) is 0 Å². The molecule has 34 heavy (non-hydrogen) atoms. The second-order valence-electron chi connectivity index (χ2n) is 14.4. The highest BCUT2D eigenvalue weighted by atomic mass is 16.4. The Morgan fingerprint density at radius 1 is 0.941 bits per heavy atom. The van der Waals surface area contributed by atoms with Gasteiger partial charge in [-0.3, -0.25) is 4.79 Å². The Kier molecular flexibility index (Phi) is 6.89. The van der Waals surface area contributed by atoms with Crippen LogP contribution in [0.3, 0.4) is 0 Å². The lowest BCUT2D eigenvalue weighted by Crippen LogP contribution is -2.55. The van der Waals surface area contributed by atoms with Gasteiger partial charge in [0, 0.05) is 5.41 Å². The summed E-state index contributed by atoms with van der Waals surface area (Å²) in [6, 6.07) is 0. The number of fused-ring (bicyclic) bond motifs is 4. The zero-order valence-corrected chi connectivity index (χ0v) is 23.2. The van der Waals surface area contributed by atoms with Crippen LogP contribution in [0.5, 0.6) is 0 Å². The maximum Gasteiger partial charge on any atom is 0.304 e. The summed E-state index contributed by atoms with van der Waals surface area (Å²) in [6.07, 6.45) is 12.5. The summed E-state index contributed by atoms with van der Waals surface area (Å²) in [5.74, 6) is 1.93. The van der Waals surface area contributed by atoms with Crippen molar-refractivity contribution in [3.63, 3.8) is 0 Å². The first kappa shape index (κ1) is 26.2. The van der Waals surface area contributed by atoms with Crippen LogP contribution in [0, 0.1) is 45.3 Å². The van der Waals surface area contributed by atoms with E-state index in [1.807, 2.05) is 0 Å². The molecule has 0 bridgehead atoms. The number of aliphatic hydroxyl groups is 1. The zero-order chi connectivity index (χ0) is 25.1. The predicted octanol–water partition coefficient (Wildman–Crippen LogP) is 8.01. The summed E-state index contributed by atoms with van der Waals surface area (Å²) >= 11 is 0. The number of carboxylic acid groups (broad SMARTS) is 1. The number of carbonyl (C=O) groups is 1. The molecule has 0 aliphatic heterocycles. The van der Waals surface area contributed by atoms with Gasteiger partial charge in [-0.25, -0.2) is 0 Å². The molecule has 0 unspecified atom stereocenters. The summed E-state index contributed by atoms with van der Waals surface area (Å²) in [5, 5.41) is 21.1. The lowest BCUT2D eigenvalue weighted by atomic mass is 9.42. The fourth-order valence-corrected chi connectivity index (χ4v) is 10.1. The number of aliphatic hydroxyl groups excluding tert-OH is 1. The van der Waals surface area contributed by atoms with Crippen LogP contribution >= 0.6 is 0 Å². The van der Waals surface area contributed by atoms with Crippen LogP contribution < -0.4 is 0 Å². The van der Waals surface area contributed by atoms with Gasteiger partial charge in [0.25, 0.3) is 0 Å². The van der Waals surface area contributed by atoms with Gasteiger partial charge in [0.2, 0.25) is 0 Å². The molecule has 3 nitrogen and oxygen atoms in total. The van der Waals surface area contributed by atoms with Crippen molar-refractivity contribution >= 4 is 5.97 Å². The van der Waals surface area contributed by atoms with Crippen LogP contribution in [-0.2, 0) is 4.79 Å². The third-order valence-electron chi connectivity index (χ3n) is 12.0. The van der Waals surface area contributed by atoms with Crippen LogP contribution in [0.4, 0.5) is 0 Å². The van der Waals surface area contributed by atoms with E-state index >= 15 is 0 Å². The van der Waals surface area contributed by atoms with E-state index in [0.717, 1.165) is 50.9 Å². The molecule has 0 saturated heterocycles. The molecule has 2 N–H and O–H groups in total. The van der Waals surface area contributed by atoms with Crippen molar-refractivity contribution in [2.75, 3.05) is 0 Å². The van der Waals surface area contributed by atoms with Crippen LogP contribution in [0.1, 0.15) is 126 Å². The molecule has 0 radical (unpaired) electrons. The molecule has 7 atom stereocenters. The average Bonchev–Trinajstić information content (AvgIpc) is 3.03. The SMILES string of the molecule is CC(C)CCC[C@@H](C)[C@H]1CC[C@@]2(CC(=O)O)C3=C(CC[C@]12C)[C@@]1(C)CC[C@H](O)C(C)(C)[C@@H]1CC3. The number of hydrogen-bond donors (Lipinski definition) is 2. The topological polar surface area (TPSA) is 57.5 Å². The van der Waals surface area contributed by atoms with E-state index in [1.54, 1.807) is 11.1 Å². The Hall–Kier alpha value is -0.830. The number of allylic oxidation sites excluding steroid dienone is 2. The lowest BCUT2D eigenvalue weighted by molar-refractivity contribution is -0.142. The summed E-state index contributed by atoms with van der Waals surface area (Å²) in [7, 11) is 0. The standard InChI is InChI=1S/C31H52O3/c1-20(2)9-8-10-21(3)22-14-18-31(19-27(33)34)24-11-12-25-28(4,5)26(32)15-16-29(25,6)23(24)13-17-30(22,31)7/h20-22,25-26,32H,8-19H2,1-7H3,(H,33,34)/t21-,22-,25+,26+,29-,30-,31-/m1/s1. The largest absolute Gasteiger partial charge is 0.481 e. The van der Waals surface area contributed by atoms with E-state index in [2.05, 4.69) is 48.5 Å². The maximum absolute atomic E-state index is 12.4. The molecule has 4 aliphatic carbocycles. The third-order valence-corrected chi connectivity index (χ3v) is 12.0. The number of carboxylic acids is 1. The van der Waals surface area contributed by atoms with Gasteiger partial charge < -0.3 is 10.2 Å². The molecule has 0 spiro atoms. The van der Waals surface area contributed by atoms with E-state index in [4.69, 9.17) is 0 Å². The Bertz CT molecular complexity index is 825. The highest BCUT2D eigenvalue weighted by molar-refractivity contribution is 5.69. The zero-order valence-electron chi connectivity index (χ0n) is 23.2. The molecular weight excluding hydrogens is 420 g/mol. The van der Waals surface area contributed by atoms with Gasteiger partial charge in [-0.05, 0) is 91.3 Å². The lowest BCUT2D eigenvalue weighted by Gasteiger charge is -2.62. The fraction of sp³-hybridized carbons (Fsp3) is 0.903. The minimum atomic E-state index is -0.611. The molecule has 0 heterocycles. The molecule has 4 rings (SSSR count). The van der Waals surface area contributed by atoms with E-state index in [9.17, 15) is 15.0 Å². The van der Waals surface area contributed by atoms with Crippen molar-refractivity contribution in [3.05, 3.63) is 11.1 Å². The minimum absolute atomic E-state index is 0.0740. The Morgan fingerprint density at radius 2 is 1.65 bits per heavy atom. The summed E-state index contributed by atoms with van der Waals surface area (Å²) in [4.78, 5) is 12.4. The number of aliphatic carboxylic acids is 1. The highest BCUT2D eigenvalue weighted by Crippen LogP contribution is 2.73. The fourth-order valence-electron chi connectivity index (χ4n) is 10.1. The molecule has 3 heteroatoms. The summed E-state index contributed by atoms with van der Waals surface area (Å²) in [6.45, 7) is 16.6. The minimum Gasteiger partial charge on any atom is -0.481 e. The van der Waals surface area contributed by atoms with E-state index in [1.165, 1.54) is 25.7 Å². The second-order valence-corrected chi connectivity index (χ2v) is 14.4. The molecule has 194 valence electrons.